The number of nitrogens with one attached hydrogen (secondary N) is 3. The van der Waals surface area contributed by atoms with E-state index in [1.165, 1.54) is 26.0 Å². The van der Waals surface area contributed by atoms with Gasteiger partial charge in [-0.05, 0) is 38.1 Å². The van der Waals surface area contributed by atoms with Crippen LogP contribution in [0.2, 0.25) is 0 Å². The van der Waals surface area contributed by atoms with Gasteiger partial charge in [-0.15, -0.1) is 0 Å². The number of anilines is 1. The molecule has 2 heterocycles. The van der Waals surface area contributed by atoms with E-state index < -0.39 is 58.1 Å². The van der Waals surface area contributed by atoms with Gasteiger partial charge in [0.05, 0.1) is 5.54 Å². The van der Waals surface area contributed by atoms with Crippen LogP contribution in [0.4, 0.5) is 5.13 Å². The lowest BCUT2D eigenvalue weighted by atomic mass is 9.85. The Morgan fingerprint density at radius 3 is 2.49 bits per heavy atom. The molecule has 222 valence electrons. The first kappa shape index (κ1) is 31.1. The number of ether oxygens (including phenoxy) is 1. The zero-order chi connectivity index (χ0) is 30.5. The van der Waals surface area contributed by atoms with Crippen LogP contribution in [0.1, 0.15) is 25.2 Å². The van der Waals surface area contributed by atoms with Crippen molar-refractivity contribution in [2.45, 2.75) is 31.5 Å². The molecule has 1 fully saturated rings. The van der Waals surface area contributed by atoms with Gasteiger partial charge in [-0.1, -0.05) is 5.16 Å². The summed E-state index contributed by atoms with van der Waals surface area (Å²) in [6.07, 6.45) is -1.73. The topological polar surface area (TPSA) is 286 Å². The molecule has 2 aromatic rings. The number of carbonyl (C=O) groups excluding carboxylic acids is 2. The van der Waals surface area contributed by atoms with Crippen LogP contribution in [0.5, 0.6) is 5.75 Å². The average molecular weight is 614 g/mol. The Morgan fingerprint density at radius 2 is 1.98 bits per heavy atom. The standard InChI is InChI=1S/C21H27N9O9S2/c1-21(2)14(18(32)30(21)41(35,36)37)26-17(31)13(16-27-20(24)40-29-16)28-39-12(19(33)34)9-38-11-5-3-10(4-6-11)15(23)25-8-7-22/h3-6,12,14H,7-9,22H2,1-2H3,(H2,23,25)(H,26,31)(H,33,34)(H2,24,27,29)(H,35,36,37)/b28-13-/t12?,14-/m1/s1. The molecule has 1 unspecified atom stereocenters. The Morgan fingerprint density at radius 1 is 1.32 bits per heavy atom. The maximum atomic E-state index is 13.0. The molecule has 1 aromatic carbocycles. The highest BCUT2D eigenvalue weighted by molar-refractivity contribution is 7.84. The van der Waals surface area contributed by atoms with Gasteiger partial charge in [0, 0.05) is 30.2 Å². The van der Waals surface area contributed by atoms with E-state index in [2.05, 4.69) is 25.1 Å². The molecule has 0 aliphatic carbocycles. The van der Waals surface area contributed by atoms with Crippen molar-refractivity contribution in [3.63, 3.8) is 0 Å². The molecule has 0 radical (unpaired) electrons. The number of carbonyl (C=O) groups is 3. The number of benzene rings is 1. The van der Waals surface area contributed by atoms with Gasteiger partial charge in [0.15, 0.2) is 5.13 Å². The van der Waals surface area contributed by atoms with Crippen LogP contribution < -0.4 is 26.8 Å². The van der Waals surface area contributed by atoms with Crippen molar-refractivity contribution in [1.82, 2.24) is 24.3 Å². The van der Waals surface area contributed by atoms with Gasteiger partial charge in [0.25, 0.3) is 17.9 Å². The Balaban J connectivity index is 1.74. The molecule has 3 rings (SSSR count). The highest BCUT2D eigenvalue weighted by Crippen LogP contribution is 2.34. The van der Waals surface area contributed by atoms with Gasteiger partial charge < -0.3 is 36.8 Å². The molecule has 41 heavy (non-hydrogen) atoms. The number of amidine groups is 1. The molecular formula is C21H27N9O9S2. The van der Waals surface area contributed by atoms with Crippen molar-refractivity contribution in [3.8, 4) is 5.75 Å². The van der Waals surface area contributed by atoms with Crippen LogP contribution in [0.3, 0.4) is 0 Å². The molecule has 1 saturated heterocycles. The second-order valence-electron chi connectivity index (χ2n) is 8.89. The van der Waals surface area contributed by atoms with Gasteiger partial charge in [-0.25, -0.2) is 9.10 Å². The van der Waals surface area contributed by atoms with E-state index in [-0.39, 0.29) is 26.8 Å². The molecule has 2 atom stereocenters. The fraction of sp³-hybridized carbons (Fsp3) is 0.381. The van der Waals surface area contributed by atoms with E-state index in [9.17, 15) is 32.5 Å². The summed E-state index contributed by atoms with van der Waals surface area (Å²) in [6, 6.07) is 4.74. The summed E-state index contributed by atoms with van der Waals surface area (Å²) in [7, 11) is -4.89. The van der Waals surface area contributed by atoms with E-state index >= 15 is 0 Å². The normalized spacial score (nSPS) is 17.3. The maximum Gasteiger partial charge on any atom is 0.362 e. The Labute approximate surface area is 237 Å². The number of β-lactam (4-membered cyclic amide) rings is 1. The van der Waals surface area contributed by atoms with Crippen LogP contribution in [0.25, 0.3) is 0 Å². The summed E-state index contributed by atoms with van der Waals surface area (Å²) < 4.78 is 41.8. The van der Waals surface area contributed by atoms with E-state index in [4.69, 9.17) is 26.5 Å². The fourth-order valence-corrected chi connectivity index (χ4v) is 5.04. The Hall–Kier alpha value is -4.40. The number of rotatable bonds is 13. The number of nitrogens with zero attached hydrogens (tertiary/aromatic N) is 4. The number of hydrogen-bond acceptors (Lipinski definition) is 14. The lowest BCUT2D eigenvalue weighted by Crippen LogP contribution is -2.77. The predicted molar refractivity (Wildman–Crippen MR) is 144 cm³/mol. The van der Waals surface area contributed by atoms with Gasteiger partial charge in [-0.2, -0.15) is 17.8 Å². The first-order valence-electron chi connectivity index (χ1n) is 11.6. The number of oxime groups is 1. The molecule has 9 N–H and O–H groups in total. The van der Waals surface area contributed by atoms with Crippen LogP contribution in [0.15, 0.2) is 29.4 Å². The van der Waals surface area contributed by atoms with Crippen molar-refractivity contribution < 1.29 is 42.0 Å². The Bertz CT molecular complexity index is 1460. The molecule has 1 aliphatic heterocycles. The van der Waals surface area contributed by atoms with E-state index in [0.717, 1.165) is 0 Å². The monoisotopic (exact) mass is 613 g/mol. The highest BCUT2D eigenvalue weighted by atomic mass is 32.2. The predicted octanol–water partition coefficient (Wildman–Crippen LogP) is -1.84. The molecule has 2 amide bonds. The summed E-state index contributed by atoms with van der Waals surface area (Å²) in [4.78, 5) is 46.0. The summed E-state index contributed by atoms with van der Waals surface area (Å²) in [5, 5.41) is 26.1. The minimum atomic E-state index is -4.89. The molecule has 1 aromatic heterocycles. The third kappa shape index (κ3) is 7.22. The third-order valence-corrected chi connectivity index (χ3v) is 7.24. The first-order chi connectivity index (χ1) is 19.2. The largest absolute Gasteiger partial charge is 0.489 e. The number of aromatic nitrogens is 2. The minimum Gasteiger partial charge on any atom is -0.489 e. The lowest BCUT2D eigenvalue weighted by Gasteiger charge is -2.50. The molecule has 0 saturated carbocycles. The molecule has 18 nitrogen and oxygen atoms in total. The molecule has 0 spiro atoms. The van der Waals surface area contributed by atoms with Crippen LogP contribution in [0, 0.1) is 5.41 Å². The Kier molecular flexibility index (Phi) is 9.42. The first-order valence-corrected chi connectivity index (χ1v) is 13.8. The fourth-order valence-electron chi connectivity index (χ4n) is 3.57. The summed E-state index contributed by atoms with van der Waals surface area (Å²) in [5.41, 5.74) is 9.32. The van der Waals surface area contributed by atoms with Crippen LogP contribution >= 0.6 is 11.5 Å². The zero-order valence-electron chi connectivity index (χ0n) is 21.6. The highest BCUT2D eigenvalue weighted by Gasteiger charge is 2.60. The second kappa shape index (κ2) is 12.4. The number of nitrogen functional groups attached to an aromatic ring is 1. The van der Waals surface area contributed by atoms with Gasteiger partial charge in [0.1, 0.15) is 24.2 Å². The zero-order valence-corrected chi connectivity index (χ0v) is 23.2. The number of aliphatic carboxylic acids is 1. The van der Waals surface area contributed by atoms with Crippen molar-refractivity contribution in [1.29, 1.82) is 5.41 Å². The van der Waals surface area contributed by atoms with Crippen molar-refractivity contribution in [3.05, 3.63) is 35.7 Å². The van der Waals surface area contributed by atoms with Crippen LogP contribution in [-0.2, 0) is 29.5 Å². The molecule has 20 heteroatoms. The summed E-state index contributed by atoms with van der Waals surface area (Å²) in [6.45, 7) is 2.77. The molecule has 0 bridgehead atoms. The average Bonchev–Trinajstić information content (AvgIpc) is 3.32. The second-order valence-corrected chi connectivity index (χ2v) is 10.9. The van der Waals surface area contributed by atoms with E-state index in [0.29, 0.717) is 30.2 Å². The quantitative estimate of drug-likeness (QED) is 0.0429. The molecule has 1 aliphatic rings. The van der Waals surface area contributed by atoms with E-state index in [1.54, 1.807) is 12.1 Å². The third-order valence-electron chi connectivity index (χ3n) is 5.59. The maximum absolute atomic E-state index is 13.0. The van der Waals surface area contributed by atoms with Gasteiger partial charge in [0.2, 0.25) is 11.5 Å². The lowest BCUT2D eigenvalue weighted by molar-refractivity contribution is -0.152. The van der Waals surface area contributed by atoms with Crippen molar-refractivity contribution in [2.24, 2.45) is 10.9 Å². The number of amides is 2. The summed E-state index contributed by atoms with van der Waals surface area (Å²) in [5.74, 6) is -3.70. The molecular weight excluding hydrogens is 586 g/mol. The summed E-state index contributed by atoms with van der Waals surface area (Å²) >= 11 is 0.694. The van der Waals surface area contributed by atoms with E-state index in [1.807, 2.05) is 0 Å². The van der Waals surface area contributed by atoms with Crippen molar-refractivity contribution in [2.75, 3.05) is 25.4 Å². The van der Waals surface area contributed by atoms with Gasteiger partial charge in [-0.3, -0.25) is 19.6 Å². The number of nitrogens with two attached hydrogens (primary N) is 2. The number of carboxylic acid groups (broad SMARTS) is 1. The SMILES string of the molecule is CC1(C)[C@H](NC(=O)/C(=N\OC(COc2ccc(C(=N)NCCN)cc2)C(=O)O)c2nsc(N)n2)C(=O)N1S(=O)(=O)O. The van der Waals surface area contributed by atoms with Crippen LogP contribution in [-0.4, -0.2) is 98.5 Å². The number of carboxylic acids is 1. The van der Waals surface area contributed by atoms with Gasteiger partial charge >= 0.3 is 16.3 Å². The van der Waals surface area contributed by atoms with Crippen molar-refractivity contribution >= 4 is 56.3 Å². The number of hydrogen-bond donors (Lipinski definition) is 7. The smallest absolute Gasteiger partial charge is 0.362 e. The minimum absolute atomic E-state index is 0.0639.